The molecule has 0 aliphatic heterocycles. The lowest BCUT2D eigenvalue weighted by atomic mass is 10.1. The van der Waals surface area contributed by atoms with E-state index in [0.717, 1.165) is 0 Å². The number of hydrogen-bond acceptors (Lipinski definition) is 4. The van der Waals surface area contributed by atoms with Gasteiger partial charge in [0.2, 0.25) is 0 Å². The summed E-state index contributed by atoms with van der Waals surface area (Å²) in [6.07, 6.45) is 1.63. The van der Waals surface area contributed by atoms with E-state index in [4.69, 9.17) is 0 Å². The van der Waals surface area contributed by atoms with E-state index < -0.39 is 15.7 Å². The molecule has 1 N–H and O–H groups in total. The smallest absolute Gasteiger partial charge is 0.255 e. The molecule has 0 saturated heterocycles. The first-order valence-electron chi connectivity index (χ1n) is 9.07. The first kappa shape index (κ1) is 20.7. The Morgan fingerprint density at radius 1 is 1.10 bits per heavy atom. The van der Waals surface area contributed by atoms with Crippen LogP contribution >= 0.6 is 0 Å². The Kier molecular flexibility index (Phi) is 6.08. The van der Waals surface area contributed by atoms with E-state index in [2.05, 4.69) is 10.3 Å². The number of nitrogens with one attached hydrogen (secondary N) is 1. The van der Waals surface area contributed by atoms with Crippen LogP contribution in [-0.4, -0.2) is 25.1 Å². The fourth-order valence-corrected chi connectivity index (χ4v) is 4.55. The van der Waals surface area contributed by atoms with Gasteiger partial charge in [0.05, 0.1) is 10.6 Å². The van der Waals surface area contributed by atoms with Crippen molar-refractivity contribution in [3.05, 3.63) is 89.5 Å². The molecule has 29 heavy (non-hydrogen) atoms. The lowest BCUT2D eigenvalue weighted by Crippen LogP contribution is -2.16. The molecular weight excluding hydrogens is 391 g/mol. The molecule has 0 aliphatic rings. The standard InChI is InChI=1S/C22H21FN2O3S/c1-15-12-18(9-10-20(15)23)25-22(26)17-6-5-7-19(13-17)29(27,28)14-16(2)21-8-3-4-11-24-21/h3-13,16H,14H2,1-2H3,(H,25,26). The average Bonchev–Trinajstić information content (AvgIpc) is 2.71. The highest BCUT2D eigenvalue weighted by molar-refractivity contribution is 7.91. The predicted octanol–water partition coefficient (Wildman–Crippen LogP) is 4.36. The predicted molar refractivity (Wildman–Crippen MR) is 110 cm³/mol. The fraction of sp³-hybridized carbons (Fsp3) is 0.182. The Labute approximate surface area is 169 Å². The molecule has 7 heteroatoms. The lowest BCUT2D eigenvalue weighted by molar-refractivity contribution is 0.102. The van der Waals surface area contributed by atoms with Gasteiger partial charge in [-0.2, -0.15) is 0 Å². The monoisotopic (exact) mass is 412 g/mol. The second-order valence-corrected chi connectivity index (χ2v) is 8.92. The summed E-state index contributed by atoms with van der Waals surface area (Å²) in [5.41, 5.74) is 1.74. The van der Waals surface area contributed by atoms with Crippen LogP contribution in [0.1, 0.15) is 34.5 Å². The summed E-state index contributed by atoms with van der Waals surface area (Å²) < 4.78 is 39.0. The number of rotatable bonds is 6. The summed E-state index contributed by atoms with van der Waals surface area (Å²) in [6, 6.07) is 15.5. The summed E-state index contributed by atoms with van der Waals surface area (Å²) in [5, 5.41) is 2.66. The molecule has 1 atom stereocenters. The summed E-state index contributed by atoms with van der Waals surface area (Å²) in [4.78, 5) is 16.8. The zero-order chi connectivity index (χ0) is 21.0. The van der Waals surface area contributed by atoms with Gasteiger partial charge in [-0.05, 0) is 61.0 Å². The second kappa shape index (κ2) is 8.53. The van der Waals surface area contributed by atoms with Crippen molar-refractivity contribution in [2.45, 2.75) is 24.7 Å². The van der Waals surface area contributed by atoms with E-state index in [1.807, 2.05) is 6.07 Å². The number of carbonyl (C=O) groups excluding carboxylic acids is 1. The van der Waals surface area contributed by atoms with E-state index >= 15 is 0 Å². The third-order valence-corrected chi connectivity index (χ3v) is 6.44. The molecule has 150 valence electrons. The van der Waals surface area contributed by atoms with Gasteiger partial charge in [0, 0.05) is 29.1 Å². The molecule has 0 saturated carbocycles. The van der Waals surface area contributed by atoms with Gasteiger partial charge in [-0.3, -0.25) is 9.78 Å². The minimum atomic E-state index is -3.62. The number of amides is 1. The van der Waals surface area contributed by atoms with Gasteiger partial charge in [0.1, 0.15) is 5.82 Å². The van der Waals surface area contributed by atoms with E-state index in [-0.39, 0.29) is 27.9 Å². The number of nitrogens with zero attached hydrogens (tertiary/aromatic N) is 1. The van der Waals surface area contributed by atoms with Gasteiger partial charge in [0.15, 0.2) is 9.84 Å². The van der Waals surface area contributed by atoms with Gasteiger partial charge in [-0.1, -0.05) is 19.1 Å². The van der Waals surface area contributed by atoms with Crippen LogP contribution in [0.4, 0.5) is 10.1 Å². The zero-order valence-electron chi connectivity index (χ0n) is 16.1. The second-order valence-electron chi connectivity index (χ2n) is 6.88. The van der Waals surface area contributed by atoms with Crippen LogP contribution in [0.25, 0.3) is 0 Å². The average molecular weight is 412 g/mol. The van der Waals surface area contributed by atoms with Gasteiger partial charge in [-0.15, -0.1) is 0 Å². The van der Waals surface area contributed by atoms with Crippen LogP contribution in [0.15, 0.2) is 71.8 Å². The fourth-order valence-electron chi connectivity index (χ4n) is 2.93. The van der Waals surface area contributed by atoms with Crippen LogP contribution in [0.5, 0.6) is 0 Å². The third kappa shape index (κ3) is 5.06. The minimum absolute atomic E-state index is 0.0724. The largest absolute Gasteiger partial charge is 0.322 e. The molecule has 1 aromatic heterocycles. The van der Waals surface area contributed by atoms with Crippen molar-refractivity contribution < 1.29 is 17.6 Å². The van der Waals surface area contributed by atoms with Crippen molar-refractivity contribution in [1.82, 2.24) is 4.98 Å². The van der Waals surface area contributed by atoms with E-state index in [1.165, 1.54) is 42.5 Å². The summed E-state index contributed by atoms with van der Waals surface area (Å²) in [7, 11) is -3.62. The highest BCUT2D eigenvalue weighted by atomic mass is 32.2. The SMILES string of the molecule is Cc1cc(NC(=O)c2cccc(S(=O)(=O)CC(C)c3ccccn3)c2)ccc1F. The third-order valence-electron chi connectivity index (χ3n) is 4.53. The number of aromatic nitrogens is 1. The quantitative estimate of drug-likeness (QED) is 0.653. The van der Waals surface area contributed by atoms with Crippen molar-refractivity contribution >= 4 is 21.4 Å². The maximum atomic E-state index is 13.4. The normalized spacial score (nSPS) is 12.4. The van der Waals surface area contributed by atoms with Crippen molar-refractivity contribution in [2.75, 3.05) is 11.1 Å². The number of sulfone groups is 1. The number of hydrogen-bond donors (Lipinski definition) is 1. The van der Waals surface area contributed by atoms with Crippen molar-refractivity contribution in [2.24, 2.45) is 0 Å². The van der Waals surface area contributed by atoms with Crippen molar-refractivity contribution in [1.29, 1.82) is 0 Å². The van der Waals surface area contributed by atoms with E-state index in [1.54, 1.807) is 32.2 Å². The van der Waals surface area contributed by atoms with Crippen LogP contribution in [0, 0.1) is 12.7 Å². The van der Waals surface area contributed by atoms with Crippen LogP contribution in [-0.2, 0) is 9.84 Å². The minimum Gasteiger partial charge on any atom is -0.322 e. The first-order chi connectivity index (χ1) is 13.8. The number of pyridine rings is 1. The number of benzene rings is 2. The lowest BCUT2D eigenvalue weighted by Gasteiger charge is -2.12. The Morgan fingerprint density at radius 3 is 2.59 bits per heavy atom. The summed E-state index contributed by atoms with van der Waals surface area (Å²) >= 11 is 0. The molecule has 0 spiro atoms. The van der Waals surface area contributed by atoms with E-state index in [9.17, 15) is 17.6 Å². The Hall–Kier alpha value is -3.06. The summed E-state index contributed by atoms with van der Waals surface area (Å²) in [6.45, 7) is 3.40. The van der Waals surface area contributed by atoms with Crippen molar-refractivity contribution in [3.8, 4) is 0 Å². The topological polar surface area (TPSA) is 76.1 Å². The van der Waals surface area contributed by atoms with E-state index in [0.29, 0.717) is 16.9 Å². The molecule has 1 amide bonds. The maximum Gasteiger partial charge on any atom is 0.255 e. The number of carbonyl (C=O) groups is 1. The van der Waals surface area contributed by atoms with Gasteiger partial charge >= 0.3 is 0 Å². The molecule has 2 aromatic carbocycles. The van der Waals surface area contributed by atoms with Gasteiger partial charge < -0.3 is 5.32 Å². The molecule has 0 bridgehead atoms. The molecular formula is C22H21FN2O3S. The number of anilines is 1. The van der Waals surface area contributed by atoms with Crippen LogP contribution in [0.3, 0.4) is 0 Å². The highest BCUT2D eigenvalue weighted by Gasteiger charge is 2.21. The van der Waals surface area contributed by atoms with Gasteiger partial charge in [-0.25, -0.2) is 12.8 Å². The van der Waals surface area contributed by atoms with Gasteiger partial charge in [0.25, 0.3) is 5.91 Å². The first-order valence-corrected chi connectivity index (χ1v) is 10.7. The molecule has 0 radical (unpaired) electrons. The Balaban J connectivity index is 1.78. The number of halogens is 1. The molecule has 3 aromatic rings. The molecule has 3 rings (SSSR count). The Morgan fingerprint density at radius 2 is 1.90 bits per heavy atom. The number of aryl methyl sites for hydroxylation is 1. The van der Waals surface area contributed by atoms with Crippen LogP contribution < -0.4 is 5.32 Å². The summed E-state index contributed by atoms with van der Waals surface area (Å²) in [5.74, 6) is -1.24. The zero-order valence-corrected chi connectivity index (χ0v) is 16.9. The van der Waals surface area contributed by atoms with Crippen LogP contribution in [0.2, 0.25) is 0 Å². The highest BCUT2D eigenvalue weighted by Crippen LogP contribution is 2.22. The molecule has 1 heterocycles. The molecule has 1 unspecified atom stereocenters. The maximum absolute atomic E-state index is 13.4. The molecule has 0 fully saturated rings. The molecule has 5 nitrogen and oxygen atoms in total. The molecule has 0 aliphatic carbocycles. The Bertz CT molecular complexity index is 1130. The van der Waals surface area contributed by atoms with Crippen molar-refractivity contribution in [3.63, 3.8) is 0 Å².